The normalized spacial score (nSPS) is 10.2. The molecule has 18 heavy (non-hydrogen) atoms. The largest absolute Gasteiger partial charge is 0.395 e. The van der Waals surface area contributed by atoms with Crippen molar-refractivity contribution in [3.8, 4) is 0 Å². The molecule has 4 N–H and O–H groups in total. The average molecular weight is 268 g/mol. The zero-order valence-electron chi connectivity index (χ0n) is 10.3. The Morgan fingerprint density at radius 2 is 2.17 bits per heavy atom. The summed E-state index contributed by atoms with van der Waals surface area (Å²) < 4.78 is 3.92. The molecule has 0 aromatic carbocycles. The second kappa shape index (κ2) is 6.15. The van der Waals surface area contributed by atoms with Gasteiger partial charge in [0.1, 0.15) is 4.88 Å². The highest BCUT2D eigenvalue weighted by atomic mass is 32.1. The highest BCUT2D eigenvalue weighted by Crippen LogP contribution is 2.21. The molecule has 0 atom stereocenters. The molecule has 0 unspecified atom stereocenters. The molecule has 0 bridgehead atoms. The summed E-state index contributed by atoms with van der Waals surface area (Å²) in [6.07, 6.45) is 1.56. The van der Waals surface area contributed by atoms with Crippen LogP contribution in [0.1, 0.15) is 34.0 Å². The van der Waals surface area contributed by atoms with Gasteiger partial charge in [-0.3, -0.25) is 9.59 Å². The number of nitrogens with one attached hydrogen (secondary N) is 2. The van der Waals surface area contributed by atoms with Gasteiger partial charge in [-0.15, -0.1) is 6.58 Å². The van der Waals surface area contributed by atoms with E-state index in [9.17, 15) is 9.59 Å². The number of amides is 2. The predicted molar refractivity (Wildman–Crippen MR) is 71.7 cm³/mol. The first-order chi connectivity index (χ1) is 8.47. The van der Waals surface area contributed by atoms with Crippen LogP contribution in [0.4, 0.5) is 5.69 Å². The van der Waals surface area contributed by atoms with Gasteiger partial charge in [-0.05, 0) is 25.4 Å². The average Bonchev–Trinajstić information content (AvgIpc) is 2.67. The Balaban J connectivity index is 2.86. The van der Waals surface area contributed by atoms with Crippen molar-refractivity contribution in [2.45, 2.75) is 19.9 Å². The van der Waals surface area contributed by atoms with Gasteiger partial charge < -0.3 is 16.4 Å². The Kier molecular flexibility index (Phi) is 4.85. The maximum Gasteiger partial charge on any atom is 0.273 e. The number of hydrogen-bond acceptors (Lipinski definition) is 5. The molecule has 0 saturated heterocycles. The zero-order chi connectivity index (χ0) is 13.7. The van der Waals surface area contributed by atoms with Crippen LogP contribution in [-0.4, -0.2) is 28.8 Å². The monoisotopic (exact) mass is 268 g/mol. The van der Waals surface area contributed by atoms with Crippen LogP contribution in [0.2, 0.25) is 0 Å². The number of hydrogen-bond donors (Lipinski definition) is 3. The van der Waals surface area contributed by atoms with E-state index < -0.39 is 0 Å². The fourth-order valence-electron chi connectivity index (χ4n) is 1.20. The quantitative estimate of drug-likeness (QED) is 0.687. The van der Waals surface area contributed by atoms with Crippen LogP contribution in [0, 0.1) is 0 Å². The maximum absolute atomic E-state index is 11.7. The van der Waals surface area contributed by atoms with E-state index in [-0.39, 0.29) is 34.1 Å². The number of anilines is 1. The molecule has 6 nitrogen and oxygen atoms in total. The van der Waals surface area contributed by atoms with Gasteiger partial charge in [0.25, 0.3) is 11.8 Å². The Hall–Kier alpha value is -1.89. The van der Waals surface area contributed by atoms with Crippen molar-refractivity contribution in [1.82, 2.24) is 15.0 Å². The minimum Gasteiger partial charge on any atom is -0.395 e. The van der Waals surface area contributed by atoms with E-state index >= 15 is 0 Å². The maximum atomic E-state index is 11.7. The number of nitrogen functional groups attached to an aromatic ring is 1. The fraction of sp³-hybridized carbons (Fsp3) is 0.364. The Morgan fingerprint density at radius 1 is 1.50 bits per heavy atom. The minimum absolute atomic E-state index is 0.0170. The molecule has 0 spiro atoms. The van der Waals surface area contributed by atoms with Gasteiger partial charge >= 0.3 is 0 Å². The van der Waals surface area contributed by atoms with Crippen LogP contribution >= 0.6 is 11.5 Å². The van der Waals surface area contributed by atoms with Gasteiger partial charge in [-0.1, -0.05) is 6.08 Å². The molecular formula is C11H16N4O2S. The second-order valence-corrected chi connectivity index (χ2v) is 4.67. The third-order valence-electron chi connectivity index (χ3n) is 1.98. The number of carbonyl (C=O) groups is 2. The molecule has 0 aliphatic heterocycles. The van der Waals surface area contributed by atoms with E-state index in [0.717, 1.165) is 11.5 Å². The van der Waals surface area contributed by atoms with E-state index in [1.165, 1.54) is 0 Å². The van der Waals surface area contributed by atoms with Crippen LogP contribution in [0.25, 0.3) is 0 Å². The van der Waals surface area contributed by atoms with Gasteiger partial charge in [0.15, 0.2) is 5.69 Å². The van der Waals surface area contributed by atoms with Gasteiger partial charge in [0.05, 0.1) is 5.69 Å². The van der Waals surface area contributed by atoms with Crippen molar-refractivity contribution in [2.75, 3.05) is 12.3 Å². The standard InChI is InChI=1S/C11H16N4O2S/c1-4-5-13-11(17)9-7(12)8(15-18-9)10(16)14-6(2)3/h4,6H,1,5,12H2,2-3H3,(H,13,17)(H,14,16). The molecule has 1 aromatic rings. The number of rotatable bonds is 5. The molecule has 0 aliphatic carbocycles. The Labute approximate surface area is 109 Å². The minimum atomic E-state index is -0.374. The zero-order valence-corrected chi connectivity index (χ0v) is 11.1. The van der Waals surface area contributed by atoms with E-state index in [0.29, 0.717) is 6.54 Å². The van der Waals surface area contributed by atoms with Crippen LogP contribution in [-0.2, 0) is 0 Å². The molecule has 0 fully saturated rings. The highest BCUT2D eigenvalue weighted by molar-refractivity contribution is 7.09. The van der Waals surface area contributed by atoms with Gasteiger partial charge in [0.2, 0.25) is 0 Å². The third kappa shape index (κ3) is 3.30. The van der Waals surface area contributed by atoms with Gasteiger partial charge in [-0.25, -0.2) is 0 Å². The number of nitrogens with zero attached hydrogens (tertiary/aromatic N) is 1. The van der Waals surface area contributed by atoms with Crippen molar-refractivity contribution in [1.29, 1.82) is 0 Å². The van der Waals surface area contributed by atoms with Crippen LogP contribution in [0.3, 0.4) is 0 Å². The molecular weight excluding hydrogens is 252 g/mol. The topological polar surface area (TPSA) is 97.1 Å². The molecule has 0 saturated carbocycles. The second-order valence-electron chi connectivity index (χ2n) is 3.90. The van der Waals surface area contributed by atoms with E-state index in [4.69, 9.17) is 5.73 Å². The molecule has 1 heterocycles. The lowest BCUT2D eigenvalue weighted by Crippen LogP contribution is -2.31. The molecule has 0 radical (unpaired) electrons. The van der Waals surface area contributed by atoms with E-state index in [1.54, 1.807) is 6.08 Å². The summed E-state index contributed by atoms with van der Waals surface area (Å²) >= 11 is 0.908. The Morgan fingerprint density at radius 3 is 2.72 bits per heavy atom. The first kappa shape index (κ1) is 14.2. The summed E-state index contributed by atoms with van der Waals surface area (Å²) in [5.74, 6) is -0.727. The lowest BCUT2D eigenvalue weighted by molar-refractivity contribution is 0.0939. The summed E-state index contributed by atoms with van der Waals surface area (Å²) in [5.41, 5.74) is 5.96. The molecule has 2 amide bonds. The Bertz CT molecular complexity index is 468. The molecule has 98 valence electrons. The fourth-order valence-corrected chi connectivity index (χ4v) is 1.91. The van der Waals surface area contributed by atoms with Gasteiger partial charge in [-0.2, -0.15) is 4.37 Å². The molecule has 1 aromatic heterocycles. The van der Waals surface area contributed by atoms with Crippen LogP contribution < -0.4 is 16.4 Å². The van der Waals surface area contributed by atoms with E-state index in [1.807, 2.05) is 13.8 Å². The lowest BCUT2D eigenvalue weighted by atomic mass is 10.2. The van der Waals surface area contributed by atoms with Crippen molar-refractivity contribution < 1.29 is 9.59 Å². The van der Waals surface area contributed by atoms with Crippen molar-refractivity contribution in [3.63, 3.8) is 0 Å². The van der Waals surface area contributed by atoms with Crippen LogP contribution in [0.5, 0.6) is 0 Å². The highest BCUT2D eigenvalue weighted by Gasteiger charge is 2.21. The molecule has 1 rings (SSSR count). The summed E-state index contributed by atoms with van der Waals surface area (Å²) in [6.45, 7) is 7.49. The van der Waals surface area contributed by atoms with E-state index in [2.05, 4.69) is 21.6 Å². The summed E-state index contributed by atoms with van der Waals surface area (Å²) in [5, 5.41) is 5.26. The first-order valence-corrected chi connectivity index (χ1v) is 6.19. The predicted octanol–water partition coefficient (Wildman–Crippen LogP) is 0.779. The molecule has 0 aliphatic rings. The lowest BCUT2D eigenvalue weighted by Gasteiger charge is -2.06. The smallest absolute Gasteiger partial charge is 0.273 e. The number of aromatic nitrogens is 1. The SMILES string of the molecule is C=CCNC(=O)c1snc(C(=O)NC(C)C)c1N. The summed E-state index contributed by atoms with van der Waals surface area (Å²) in [7, 11) is 0. The van der Waals surface area contributed by atoms with Crippen LogP contribution in [0.15, 0.2) is 12.7 Å². The first-order valence-electron chi connectivity index (χ1n) is 5.42. The van der Waals surface area contributed by atoms with Crippen molar-refractivity contribution in [2.24, 2.45) is 0 Å². The molecule has 7 heteroatoms. The van der Waals surface area contributed by atoms with Gasteiger partial charge in [0, 0.05) is 12.6 Å². The number of nitrogens with two attached hydrogens (primary N) is 1. The third-order valence-corrected chi connectivity index (χ3v) is 2.84. The van der Waals surface area contributed by atoms with Crippen molar-refractivity contribution in [3.05, 3.63) is 23.2 Å². The number of carbonyl (C=O) groups excluding carboxylic acids is 2. The van der Waals surface area contributed by atoms with Crippen molar-refractivity contribution >= 4 is 29.0 Å². The summed E-state index contributed by atoms with van der Waals surface area (Å²) in [6, 6.07) is -0.0170. The summed E-state index contributed by atoms with van der Waals surface area (Å²) in [4.78, 5) is 23.7.